The molecule has 0 saturated carbocycles. The van der Waals surface area contributed by atoms with Gasteiger partial charge in [-0.25, -0.2) is 0 Å². The van der Waals surface area contributed by atoms with Gasteiger partial charge in [0.15, 0.2) is 0 Å². The van der Waals surface area contributed by atoms with E-state index >= 15 is 0 Å². The van der Waals surface area contributed by atoms with Gasteiger partial charge >= 0.3 is 0 Å². The van der Waals surface area contributed by atoms with Crippen LogP contribution in [0.3, 0.4) is 0 Å². The molecule has 0 bridgehead atoms. The minimum atomic E-state index is 0.378. The first-order chi connectivity index (χ1) is 10.1. The van der Waals surface area contributed by atoms with Gasteiger partial charge in [0.2, 0.25) is 0 Å². The average molecular weight is 290 g/mol. The van der Waals surface area contributed by atoms with E-state index in [1.54, 1.807) is 7.11 Å². The summed E-state index contributed by atoms with van der Waals surface area (Å²) in [6.07, 6.45) is 2.68. The van der Waals surface area contributed by atoms with Crippen LogP contribution in [0.2, 0.25) is 0 Å². The molecule has 0 spiro atoms. The first-order valence-electron chi connectivity index (χ1n) is 8.26. The van der Waals surface area contributed by atoms with E-state index < -0.39 is 0 Å². The van der Waals surface area contributed by atoms with E-state index in [1.165, 1.54) is 38.0 Å². The third-order valence-corrected chi connectivity index (χ3v) is 4.82. The molecule has 3 nitrogen and oxygen atoms in total. The van der Waals surface area contributed by atoms with Crippen molar-refractivity contribution in [2.75, 3.05) is 26.7 Å². The van der Waals surface area contributed by atoms with Gasteiger partial charge in [0, 0.05) is 18.6 Å². The monoisotopic (exact) mass is 290 g/mol. The Balaban J connectivity index is 1.89. The van der Waals surface area contributed by atoms with Crippen LogP contribution in [0.1, 0.15) is 45.2 Å². The molecule has 1 N–H and O–H groups in total. The van der Waals surface area contributed by atoms with Gasteiger partial charge in [-0.2, -0.15) is 0 Å². The normalized spacial score (nSPS) is 22.8. The lowest BCUT2D eigenvalue weighted by Gasteiger charge is -2.36. The number of benzene rings is 1. The molecule has 1 fully saturated rings. The molecule has 0 aliphatic carbocycles. The van der Waals surface area contributed by atoms with Crippen LogP contribution in [-0.4, -0.2) is 37.7 Å². The Morgan fingerprint density at radius 1 is 1.29 bits per heavy atom. The zero-order valence-corrected chi connectivity index (χ0v) is 13.9. The minimum absolute atomic E-state index is 0.378. The van der Waals surface area contributed by atoms with Crippen molar-refractivity contribution in [2.45, 2.75) is 45.7 Å². The summed E-state index contributed by atoms with van der Waals surface area (Å²) in [5.41, 5.74) is 1.32. The zero-order valence-electron chi connectivity index (χ0n) is 13.9. The molecular weight excluding hydrogens is 260 g/mol. The lowest BCUT2D eigenvalue weighted by atomic mass is 9.90. The van der Waals surface area contributed by atoms with E-state index in [1.807, 2.05) is 12.1 Å². The fraction of sp³-hybridized carbons (Fsp3) is 0.667. The Hall–Kier alpha value is -1.06. The fourth-order valence-electron chi connectivity index (χ4n) is 3.31. The highest BCUT2D eigenvalue weighted by atomic mass is 16.5. The highest BCUT2D eigenvalue weighted by Gasteiger charge is 2.24. The van der Waals surface area contributed by atoms with Gasteiger partial charge in [0.05, 0.1) is 7.11 Å². The quantitative estimate of drug-likeness (QED) is 0.868. The van der Waals surface area contributed by atoms with Gasteiger partial charge < -0.3 is 15.0 Å². The van der Waals surface area contributed by atoms with Crippen molar-refractivity contribution in [3.05, 3.63) is 29.8 Å². The Kier molecular flexibility index (Phi) is 6.07. The molecule has 0 radical (unpaired) electrons. The van der Waals surface area contributed by atoms with E-state index in [0.717, 1.165) is 11.7 Å². The predicted octanol–water partition coefficient (Wildman–Crippen LogP) is 3.47. The summed E-state index contributed by atoms with van der Waals surface area (Å²) in [7, 11) is 1.71. The van der Waals surface area contributed by atoms with Crippen LogP contribution in [0, 0.1) is 5.92 Å². The Morgan fingerprint density at radius 2 is 2.00 bits per heavy atom. The van der Waals surface area contributed by atoms with Crippen molar-refractivity contribution in [1.82, 2.24) is 10.2 Å². The minimum Gasteiger partial charge on any atom is -0.497 e. The molecule has 3 heteroatoms. The van der Waals surface area contributed by atoms with E-state index in [0.29, 0.717) is 12.1 Å². The first-order valence-corrected chi connectivity index (χ1v) is 8.26. The second-order valence-electron chi connectivity index (χ2n) is 6.25. The molecule has 1 aromatic rings. The summed E-state index contributed by atoms with van der Waals surface area (Å²) < 4.78 is 5.22. The summed E-state index contributed by atoms with van der Waals surface area (Å²) >= 11 is 0. The third-order valence-electron chi connectivity index (χ3n) is 4.82. The first kappa shape index (κ1) is 16.3. The number of likely N-dealkylation sites (tertiary alicyclic amines) is 1. The lowest BCUT2D eigenvalue weighted by molar-refractivity contribution is 0.153. The van der Waals surface area contributed by atoms with Crippen molar-refractivity contribution in [2.24, 2.45) is 5.92 Å². The Labute approximate surface area is 129 Å². The van der Waals surface area contributed by atoms with Crippen LogP contribution in [0.5, 0.6) is 5.75 Å². The number of piperidine rings is 1. The number of hydrogen-bond donors (Lipinski definition) is 1. The molecular formula is C18H30N2O. The molecule has 0 aromatic heterocycles. The average Bonchev–Trinajstić information content (AvgIpc) is 2.54. The molecule has 2 rings (SSSR count). The number of rotatable bonds is 6. The van der Waals surface area contributed by atoms with Gasteiger partial charge in [-0.3, -0.25) is 0 Å². The second-order valence-corrected chi connectivity index (χ2v) is 6.25. The fourth-order valence-corrected chi connectivity index (χ4v) is 3.31. The summed E-state index contributed by atoms with van der Waals surface area (Å²) in [4.78, 5) is 2.57. The van der Waals surface area contributed by atoms with E-state index in [2.05, 4.69) is 43.1 Å². The Morgan fingerprint density at radius 3 is 2.62 bits per heavy atom. The molecule has 1 aliphatic rings. The highest BCUT2D eigenvalue weighted by molar-refractivity contribution is 5.28. The molecule has 118 valence electrons. The van der Waals surface area contributed by atoms with Gasteiger partial charge in [0.25, 0.3) is 0 Å². The molecule has 1 aliphatic heterocycles. The number of nitrogens with one attached hydrogen (secondary N) is 1. The van der Waals surface area contributed by atoms with Crippen LogP contribution in [0.25, 0.3) is 0 Å². The maximum atomic E-state index is 5.22. The standard InChI is InChI=1S/C18H30N2O/c1-5-20-12-6-7-17(13-20)15(3)19-14(2)16-8-10-18(21-4)11-9-16/h8-11,14-15,17,19H,5-7,12-13H2,1-4H3/t14-,15?,17?/m0/s1. The van der Waals surface area contributed by atoms with Gasteiger partial charge in [-0.1, -0.05) is 19.1 Å². The summed E-state index contributed by atoms with van der Waals surface area (Å²) in [5.74, 6) is 1.68. The van der Waals surface area contributed by atoms with Crippen molar-refractivity contribution in [3.63, 3.8) is 0 Å². The smallest absolute Gasteiger partial charge is 0.118 e. The molecule has 3 atom stereocenters. The van der Waals surface area contributed by atoms with Crippen molar-refractivity contribution in [1.29, 1.82) is 0 Å². The maximum absolute atomic E-state index is 5.22. The van der Waals surface area contributed by atoms with E-state index in [9.17, 15) is 0 Å². The van der Waals surface area contributed by atoms with Crippen LogP contribution >= 0.6 is 0 Å². The second kappa shape index (κ2) is 7.81. The number of ether oxygens (including phenoxy) is 1. The summed E-state index contributed by atoms with van der Waals surface area (Å²) in [5, 5.41) is 3.78. The van der Waals surface area contributed by atoms with Crippen molar-refractivity contribution >= 4 is 0 Å². The van der Waals surface area contributed by atoms with Crippen LogP contribution in [0.15, 0.2) is 24.3 Å². The van der Waals surface area contributed by atoms with Gasteiger partial charge in [-0.05, 0) is 63.4 Å². The van der Waals surface area contributed by atoms with Gasteiger partial charge in [-0.15, -0.1) is 0 Å². The number of hydrogen-bond acceptors (Lipinski definition) is 3. The maximum Gasteiger partial charge on any atom is 0.118 e. The molecule has 0 amide bonds. The van der Waals surface area contributed by atoms with Crippen molar-refractivity contribution in [3.8, 4) is 5.75 Å². The number of nitrogens with zero attached hydrogens (tertiary/aromatic N) is 1. The largest absolute Gasteiger partial charge is 0.497 e. The van der Waals surface area contributed by atoms with Gasteiger partial charge in [0.1, 0.15) is 5.75 Å². The van der Waals surface area contributed by atoms with Crippen LogP contribution in [-0.2, 0) is 0 Å². The molecule has 21 heavy (non-hydrogen) atoms. The van der Waals surface area contributed by atoms with E-state index in [-0.39, 0.29) is 0 Å². The van der Waals surface area contributed by atoms with Crippen molar-refractivity contribution < 1.29 is 4.74 Å². The SMILES string of the molecule is CCN1CCCC(C(C)N[C@@H](C)c2ccc(OC)cc2)C1. The summed E-state index contributed by atoms with van der Waals surface area (Å²) in [6, 6.07) is 9.32. The molecule has 1 heterocycles. The predicted molar refractivity (Wildman–Crippen MR) is 88.8 cm³/mol. The Bertz CT molecular complexity index is 418. The zero-order chi connectivity index (χ0) is 15.2. The lowest BCUT2D eigenvalue weighted by Crippen LogP contribution is -2.44. The van der Waals surface area contributed by atoms with E-state index in [4.69, 9.17) is 4.74 Å². The van der Waals surface area contributed by atoms with Crippen LogP contribution in [0.4, 0.5) is 0 Å². The summed E-state index contributed by atoms with van der Waals surface area (Å²) in [6.45, 7) is 10.5. The molecule has 2 unspecified atom stereocenters. The highest BCUT2D eigenvalue weighted by Crippen LogP contribution is 2.23. The molecule has 1 saturated heterocycles. The van der Waals surface area contributed by atoms with Crippen LogP contribution < -0.4 is 10.1 Å². The number of methoxy groups -OCH3 is 1. The third kappa shape index (κ3) is 4.45. The molecule has 1 aromatic carbocycles. The topological polar surface area (TPSA) is 24.5 Å².